The zero-order chi connectivity index (χ0) is 12.5. The summed E-state index contributed by atoms with van der Waals surface area (Å²) < 4.78 is 5.13. The zero-order valence-corrected chi connectivity index (χ0v) is 11.2. The number of ether oxygens (including phenoxy) is 1. The third kappa shape index (κ3) is 5.20. The van der Waals surface area contributed by atoms with Crippen LogP contribution in [0.2, 0.25) is 0 Å². The predicted molar refractivity (Wildman–Crippen MR) is 72.5 cm³/mol. The molecule has 96 valence electrons. The van der Waals surface area contributed by atoms with Gasteiger partial charge < -0.3 is 15.0 Å². The molecule has 1 aromatic rings. The van der Waals surface area contributed by atoms with Crippen LogP contribution in [0.15, 0.2) is 24.3 Å². The van der Waals surface area contributed by atoms with Crippen LogP contribution < -0.4 is 10.1 Å². The fraction of sp³-hybridized carbons (Fsp3) is 0.571. The average molecular weight is 236 g/mol. The standard InChI is InChI=1S/C14H24N2O/c1-4-16(5-2)11-10-15-12-13-6-8-14(17-3)9-7-13/h6-9,15H,4-5,10-12H2,1-3H3. The summed E-state index contributed by atoms with van der Waals surface area (Å²) in [5.41, 5.74) is 1.30. The normalized spacial score (nSPS) is 10.8. The highest BCUT2D eigenvalue weighted by Gasteiger charge is 1.98. The Hall–Kier alpha value is -1.06. The minimum atomic E-state index is 0.914. The van der Waals surface area contributed by atoms with E-state index in [4.69, 9.17) is 4.74 Å². The van der Waals surface area contributed by atoms with Gasteiger partial charge in [-0.05, 0) is 30.8 Å². The molecule has 0 bridgehead atoms. The molecule has 1 N–H and O–H groups in total. The highest BCUT2D eigenvalue weighted by Crippen LogP contribution is 2.10. The van der Waals surface area contributed by atoms with E-state index in [2.05, 4.69) is 36.2 Å². The molecule has 0 fully saturated rings. The highest BCUT2D eigenvalue weighted by atomic mass is 16.5. The van der Waals surface area contributed by atoms with E-state index < -0.39 is 0 Å². The second-order valence-electron chi connectivity index (χ2n) is 4.05. The van der Waals surface area contributed by atoms with Gasteiger partial charge in [0.05, 0.1) is 7.11 Å². The summed E-state index contributed by atoms with van der Waals surface area (Å²) in [4.78, 5) is 2.42. The van der Waals surface area contributed by atoms with Crippen LogP contribution in [-0.2, 0) is 6.54 Å². The average Bonchev–Trinajstić information content (AvgIpc) is 2.40. The number of hydrogen-bond acceptors (Lipinski definition) is 3. The van der Waals surface area contributed by atoms with Crippen molar-refractivity contribution in [3.8, 4) is 5.75 Å². The molecule has 0 aromatic heterocycles. The molecular formula is C14H24N2O. The topological polar surface area (TPSA) is 24.5 Å². The van der Waals surface area contributed by atoms with Crippen molar-refractivity contribution in [3.05, 3.63) is 29.8 Å². The van der Waals surface area contributed by atoms with Crippen molar-refractivity contribution in [2.24, 2.45) is 0 Å². The Balaban J connectivity index is 2.21. The summed E-state index contributed by atoms with van der Waals surface area (Å²) >= 11 is 0. The molecule has 1 aromatic carbocycles. The molecular weight excluding hydrogens is 212 g/mol. The van der Waals surface area contributed by atoms with E-state index >= 15 is 0 Å². The molecule has 0 aliphatic heterocycles. The Bertz CT molecular complexity index is 294. The van der Waals surface area contributed by atoms with E-state index in [0.29, 0.717) is 0 Å². The van der Waals surface area contributed by atoms with E-state index in [0.717, 1.165) is 38.5 Å². The molecule has 0 saturated carbocycles. The first-order chi connectivity index (χ1) is 8.30. The summed E-state index contributed by atoms with van der Waals surface area (Å²) in [7, 11) is 1.69. The van der Waals surface area contributed by atoms with Gasteiger partial charge in [-0.15, -0.1) is 0 Å². The Morgan fingerprint density at radius 2 is 1.76 bits per heavy atom. The molecule has 0 aliphatic rings. The lowest BCUT2D eigenvalue weighted by Crippen LogP contribution is -2.31. The summed E-state index contributed by atoms with van der Waals surface area (Å²) in [5.74, 6) is 0.914. The van der Waals surface area contributed by atoms with Gasteiger partial charge in [-0.25, -0.2) is 0 Å². The molecule has 0 unspecified atom stereocenters. The number of nitrogens with one attached hydrogen (secondary N) is 1. The van der Waals surface area contributed by atoms with Crippen LogP contribution in [0.1, 0.15) is 19.4 Å². The van der Waals surface area contributed by atoms with E-state index in [1.54, 1.807) is 7.11 Å². The van der Waals surface area contributed by atoms with Crippen LogP contribution in [0.3, 0.4) is 0 Å². The van der Waals surface area contributed by atoms with Crippen molar-refractivity contribution in [3.63, 3.8) is 0 Å². The summed E-state index contributed by atoms with van der Waals surface area (Å²) in [6, 6.07) is 8.20. The van der Waals surface area contributed by atoms with Gasteiger partial charge in [0.25, 0.3) is 0 Å². The Morgan fingerprint density at radius 3 is 2.29 bits per heavy atom. The van der Waals surface area contributed by atoms with Crippen LogP contribution >= 0.6 is 0 Å². The molecule has 0 atom stereocenters. The third-order valence-corrected chi connectivity index (χ3v) is 2.99. The summed E-state index contributed by atoms with van der Waals surface area (Å²) in [6.45, 7) is 9.73. The van der Waals surface area contributed by atoms with Gasteiger partial charge in [0.1, 0.15) is 5.75 Å². The molecule has 3 heteroatoms. The number of likely N-dealkylation sites (N-methyl/N-ethyl adjacent to an activating group) is 1. The number of nitrogens with zero attached hydrogens (tertiary/aromatic N) is 1. The number of rotatable bonds is 8. The van der Waals surface area contributed by atoms with Gasteiger partial charge in [0.15, 0.2) is 0 Å². The summed E-state index contributed by atoms with van der Waals surface area (Å²) in [6.07, 6.45) is 0. The maximum absolute atomic E-state index is 5.13. The molecule has 0 saturated heterocycles. The van der Waals surface area contributed by atoms with Crippen LogP contribution in [0.25, 0.3) is 0 Å². The number of hydrogen-bond donors (Lipinski definition) is 1. The SMILES string of the molecule is CCN(CC)CCNCc1ccc(OC)cc1. The molecule has 0 heterocycles. The fourth-order valence-electron chi connectivity index (χ4n) is 1.75. The molecule has 0 amide bonds. The van der Waals surface area contributed by atoms with Crippen molar-refractivity contribution >= 4 is 0 Å². The van der Waals surface area contributed by atoms with Gasteiger partial charge >= 0.3 is 0 Å². The fourth-order valence-corrected chi connectivity index (χ4v) is 1.75. The van der Waals surface area contributed by atoms with E-state index in [-0.39, 0.29) is 0 Å². The first-order valence-electron chi connectivity index (χ1n) is 6.36. The van der Waals surface area contributed by atoms with Crippen molar-refractivity contribution in [2.45, 2.75) is 20.4 Å². The lowest BCUT2D eigenvalue weighted by molar-refractivity contribution is 0.302. The second kappa shape index (κ2) is 8.09. The number of methoxy groups -OCH3 is 1. The zero-order valence-electron chi connectivity index (χ0n) is 11.2. The Labute approximate surface area is 105 Å². The minimum absolute atomic E-state index is 0.914. The lowest BCUT2D eigenvalue weighted by Gasteiger charge is -2.18. The summed E-state index contributed by atoms with van der Waals surface area (Å²) in [5, 5.41) is 3.46. The monoisotopic (exact) mass is 236 g/mol. The van der Waals surface area contributed by atoms with Crippen LogP contribution in [0, 0.1) is 0 Å². The van der Waals surface area contributed by atoms with Crippen LogP contribution in [0.5, 0.6) is 5.75 Å². The largest absolute Gasteiger partial charge is 0.497 e. The van der Waals surface area contributed by atoms with Crippen LogP contribution in [0.4, 0.5) is 0 Å². The minimum Gasteiger partial charge on any atom is -0.497 e. The van der Waals surface area contributed by atoms with E-state index in [9.17, 15) is 0 Å². The predicted octanol–water partition coefficient (Wildman–Crippen LogP) is 2.13. The molecule has 17 heavy (non-hydrogen) atoms. The van der Waals surface area contributed by atoms with Gasteiger partial charge in [-0.3, -0.25) is 0 Å². The second-order valence-corrected chi connectivity index (χ2v) is 4.05. The first-order valence-corrected chi connectivity index (χ1v) is 6.36. The van der Waals surface area contributed by atoms with Crippen LogP contribution in [-0.4, -0.2) is 38.2 Å². The van der Waals surface area contributed by atoms with E-state index in [1.807, 2.05) is 12.1 Å². The maximum Gasteiger partial charge on any atom is 0.118 e. The van der Waals surface area contributed by atoms with Gasteiger partial charge in [0.2, 0.25) is 0 Å². The number of benzene rings is 1. The molecule has 1 rings (SSSR count). The van der Waals surface area contributed by atoms with Gasteiger partial charge in [-0.1, -0.05) is 26.0 Å². The Morgan fingerprint density at radius 1 is 1.12 bits per heavy atom. The molecule has 3 nitrogen and oxygen atoms in total. The lowest BCUT2D eigenvalue weighted by atomic mass is 10.2. The Kier molecular flexibility index (Phi) is 6.67. The smallest absolute Gasteiger partial charge is 0.118 e. The third-order valence-electron chi connectivity index (χ3n) is 2.99. The van der Waals surface area contributed by atoms with Crippen molar-refractivity contribution in [1.29, 1.82) is 0 Å². The van der Waals surface area contributed by atoms with Crippen molar-refractivity contribution in [1.82, 2.24) is 10.2 Å². The molecule has 0 aliphatic carbocycles. The first kappa shape index (κ1) is 14.0. The molecule has 0 radical (unpaired) electrons. The van der Waals surface area contributed by atoms with Gasteiger partial charge in [-0.2, -0.15) is 0 Å². The molecule has 0 spiro atoms. The van der Waals surface area contributed by atoms with Crippen molar-refractivity contribution in [2.75, 3.05) is 33.3 Å². The maximum atomic E-state index is 5.13. The highest BCUT2D eigenvalue weighted by molar-refractivity contribution is 5.26. The van der Waals surface area contributed by atoms with E-state index in [1.165, 1.54) is 5.56 Å². The van der Waals surface area contributed by atoms with Gasteiger partial charge in [0, 0.05) is 19.6 Å². The van der Waals surface area contributed by atoms with Crippen molar-refractivity contribution < 1.29 is 4.74 Å². The quantitative estimate of drug-likeness (QED) is 0.700.